The number of carbonyl (C=O) groups is 3. The van der Waals surface area contributed by atoms with E-state index in [0.717, 1.165) is 63.0 Å². The van der Waals surface area contributed by atoms with Crippen molar-refractivity contribution in [1.29, 1.82) is 0 Å². The number of carbonyl (C=O) groups excluding carboxylic acids is 3. The Morgan fingerprint density at radius 2 is 1.42 bits per heavy atom. The number of hydrogen-bond donors (Lipinski definition) is 1. The maximum Gasteiger partial charge on any atom is 0.320 e. The average molecular weight is 653 g/mol. The highest BCUT2D eigenvalue weighted by Gasteiger charge is 2.43. The van der Waals surface area contributed by atoms with Gasteiger partial charge in [0.2, 0.25) is 0 Å². The molecule has 3 fully saturated rings. The molecule has 10 nitrogen and oxygen atoms in total. The largest absolute Gasteiger partial charge is 0.465 e. The first-order valence-corrected chi connectivity index (χ1v) is 17.4. The number of urea groups is 1. The molecule has 1 unspecified atom stereocenters. The first-order chi connectivity index (χ1) is 23.4. The smallest absolute Gasteiger partial charge is 0.320 e. The van der Waals surface area contributed by atoms with Crippen molar-refractivity contribution in [3.05, 3.63) is 102 Å². The summed E-state index contributed by atoms with van der Waals surface area (Å²) in [5.41, 5.74) is 2.53. The van der Waals surface area contributed by atoms with E-state index >= 15 is 0 Å². The van der Waals surface area contributed by atoms with Gasteiger partial charge < -0.3 is 24.8 Å². The van der Waals surface area contributed by atoms with Gasteiger partial charge in [-0.1, -0.05) is 48.5 Å². The summed E-state index contributed by atoms with van der Waals surface area (Å²) < 4.78 is 5.10. The number of pyridine rings is 1. The van der Waals surface area contributed by atoms with E-state index in [1.807, 2.05) is 64.1 Å². The number of amides is 3. The Bertz CT molecular complexity index is 1510. The highest BCUT2D eigenvalue weighted by atomic mass is 16.5. The van der Waals surface area contributed by atoms with Gasteiger partial charge in [0.15, 0.2) is 0 Å². The minimum atomic E-state index is -0.484. The van der Waals surface area contributed by atoms with Gasteiger partial charge in [-0.3, -0.25) is 19.5 Å². The zero-order valence-corrected chi connectivity index (χ0v) is 28.1. The van der Waals surface area contributed by atoms with Crippen LogP contribution in [-0.4, -0.2) is 115 Å². The molecule has 3 aliphatic rings. The summed E-state index contributed by atoms with van der Waals surface area (Å²) in [5.74, 6) is -0.121. The molecule has 1 aromatic heterocycles. The number of rotatable bonds is 10. The van der Waals surface area contributed by atoms with E-state index in [1.165, 1.54) is 5.56 Å². The lowest BCUT2D eigenvalue weighted by atomic mass is 9.76. The summed E-state index contributed by atoms with van der Waals surface area (Å²) >= 11 is 0. The minimum Gasteiger partial charge on any atom is -0.465 e. The number of aromatic nitrogens is 1. The quantitative estimate of drug-likeness (QED) is 0.329. The number of esters is 1. The fourth-order valence-corrected chi connectivity index (χ4v) is 7.65. The van der Waals surface area contributed by atoms with E-state index in [2.05, 4.69) is 45.5 Å². The van der Waals surface area contributed by atoms with E-state index in [4.69, 9.17) is 4.74 Å². The molecular weight excluding hydrogens is 604 g/mol. The van der Waals surface area contributed by atoms with Crippen LogP contribution >= 0.6 is 0 Å². The van der Waals surface area contributed by atoms with E-state index in [9.17, 15) is 14.4 Å². The van der Waals surface area contributed by atoms with Gasteiger partial charge in [-0.05, 0) is 74.5 Å². The van der Waals surface area contributed by atoms with Crippen molar-refractivity contribution in [2.45, 2.75) is 43.6 Å². The van der Waals surface area contributed by atoms with Crippen LogP contribution in [0.2, 0.25) is 0 Å². The summed E-state index contributed by atoms with van der Waals surface area (Å²) in [5, 5.41) is 3.46. The van der Waals surface area contributed by atoms with Crippen LogP contribution in [0.5, 0.6) is 0 Å². The third-order valence-corrected chi connectivity index (χ3v) is 10.6. The first kappa shape index (κ1) is 33.6. The molecular formula is C38H48N6O4. The number of piperazine rings is 1. The monoisotopic (exact) mass is 652 g/mol. The van der Waals surface area contributed by atoms with Crippen LogP contribution in [0, 0.1) is 0 Å². The van der Waals surface area contributed by atoms with Gasteiger partial charge in [0, 0.05) is 75.7 Å². The van der Waals surface area contributed by atoms with Crippen molar-refractivity contribution in [2.24, 2.45) is 0 Å². The third-order valence-electron chi connectivity index (χ3n) is 10.6. The predicted molar refractivity (Wildman–Crippen MR) is 184 cm³/mol. The lowest BCUT2D eigenvalue weighted by Gasteiger charge is -2.45. The van der Waals surface area contributed by atoms with Crippen LogP contribution in [0.4, 0.5) is 4.79 Å². The summed E-state index contributed by atoms with van der Waals surface area (Å²) in [4.78, 5) is 51.7. The summed E-state index contributed by atoms with van der Waals surface area (Å²) in [6.45, 7) is 8.93. The maximum absolute atomic E-state index is 13.7. The molecule has 3 saturated heterocycles. The highest BCUT2D eigenvalue weighted by Crippen LogP contribution is 2.40. The van der Waals surface area contributed by atoms with Gasteiger partial charge in [-0.2, -0.15) is 0 Å². The molecule has 3 amide bonds. The van der Waals surface area contributed by atoms with Gasteiger partial charge >= 0.3 is 12.0 Å². The summed E-state index contributed by atoms with van der Waals surface area (Å²) in [6, 6.07) is 24.3. The zero-order chi connectivity index (χ0) is 33.4. The van der Waals surface area contributed by atoms with Gasteiger partial charge in [0.05, 0.1) is 18.7 Å². The molecule has 10 heteroatoms. The molecule has 0 bridgehead atoms. The molecule has 2 aromatic carbocycles. The van der Waals surface area contributed by atoms with Gasteiger partial charge in [-0.25, -0.2) is 4.79 Å². The Labute approximate surface area is 284 Å². The molecule has 254 valence electrons. The second-order valence-electron chi connectivity index (χ2n) is 13.4. The highest BCUT2D eigenvalue weighted by molar-refractivity contribution is 5.94. The second-order valence-corrected chi connectivity index (χ2v) is 13.4. The second kappa shape index (κ2) is 15.3. The Morgan fingerprint density at radius 1 is 0.750 bits per heavy atom. The van der Waals surface area contributed by atoms with Crippen molar-refractivity contribution < 1.29 is 19.1 Å². The van der Waals surface area contributed by atoms with E-state index in [-0.39, 0.29) is 29.9 Å². The standard InChI is InChI=1S/C38H48N6O4/c1-2-48-34(45)29-42-25-27-43(28-26-42)36(47)40-38(33-13-19-39-20-14-33)17-22-41(23-18-38)21-15-37(32-11-7-4-8-12-32)16-24-44(30-37)35(46)31-9-5-3-6-10-31/h3-14,19-20H,2,15-18,21-30H2,1H3,(H,40,47). The average Bonchev–Trinajstić information content (AvgIpc) is 3.58. The van der Waals surface area contributed by atoms with Crippen LogP contribution in [0.3, 0.4) is 0 Å². The molecule has 3 aliphatic heterocycles. The number of nitrogens with zero attached hydrogens (tertiary/aromatic N) is 5. The molecule has 0 saturated carbocycles. The van der Waals surface area contributed by atoms with Crippen molar-refractivity contribution in [1.82, 2.24) is 29.9 Å². The topological polar surface area (TPSA) is 98.3 Å². The predicted octanol–water partition coefficient (Wildman–Crippen LogP) is 4.14. The molecule has 1 atom stereocenters. The Morgan fingerprint density at radius 3 is 2.08 bits per heavy atom. The molecule has 1 N–H and O–H groups in total. The van der Waals surface area contributed by atoms with Crippen LogP contribution in [0.15, 0.2) is 85.2 Å². The molecule has 0 aliphatic carbocycles. The number of piperidine rings is 1. The van der Waals surface area contributed by atoms with Crippen molar-refractivity contribution in [2.75, 3.05) is 72.1 Å². The lowest BCUT2D eigenvalue weighted by Crippen LogP contribution is -2.59. The van der Waals surface area contributed by atoms with Crippen LogP contribution < -0.4 is 5.32 Å². The van der Waals surface area contributed by atoms with Crippen LogP contribution in [-0.2, 0) is 20.5 Å². The molecule has 48 heavy (non-hydrogen) atoms. The van der Waals surface area contributed by atoms with Gasteiger partial charge in [-0.15, -0.1) is 0 Å². The number of likely N-dealkylation sites (tertiary alicyclic amines) is 2. The van der Waals surface area contributed by atoms with Crippen LogP contribution in [0.25, 0.3) is 0 Å². The lowest BCUT2D eigenvalue weighted by molar-refractivity contribution is -0.144. The maximum atomic E-state index is 13.7. The first-order valence-electron chi connectivity index (χ1n) is 17.4. The van der Waals surface area contributed by atoms with Gasteiger partial charge in [0.25, 0.3) is 5.91 Å². The number of ether oxygens (including phenoxy) is 1. The number of benzene rings is 2. The Balaban J connectivity index is 1.09. The van der Waals surface area contributed by atoms with Crippen LogP contribution in [0.1, 0.15) is 54.1 Å². The van der Waals surface area contributed by atoms with Crippen molar-refractivity contribution >= 4 is 17.9 Å². The number of nitrogens with one attached hydrogen (secondary N) is 1. The summed E-state index contributed by atoms with van der Waals surface area (Å²) in [7, 11) is 0. The molecule has 0 spiro atoms. The fourth-order valence-electron chi connectivity index (χ4n) is 7.65. The third kappa shape index (κ3) is 7.71. The normalized spacial score (nSPS) is 21.5. The van der Waals surface area contributed by atoms with E-state index in [1.54, 1.807) is 12.4 Å². The Hall–Kier alpha value is -4.28. The summed E-state index contributed by atoms with van der Waals surface area (Å²) in [6.07, 6.45) is 7.09. The molecule has 3 aromatic rings. The Kier molecular flexibility index (Phi) is 10.7. The SMILES string of the molecule is CCOC(=O)CN1CCN(C(=O)NC2(c3ccncc3)CCN(CCC3(c4ccccc4)CCN(C(=O)c4ccccc4)C3)CC2)CC1. The fraction of sp³-hybridized carbons (Fsp3) is 0.474. The molecule has 0 radical (unpaired) electrons. The van der Waals surface area contributed by atoms with Crippen molar-refractivity contribution in [3.63, 3.8) is 0 Å². The molecule has 4 heterocycles. The number of hydrogen-bond acceptors (Lipinski definition) is 7. The van der Waals surface area contributed by atoms with E-state index in [0.29, 0.717) is 39.3 Å². The zero-order valence-electron chi connectivity index (χ0n) is 28.1. The minimum absolute atomic E-state index is 0.0618. The van der Waals surface area contributed by atoms with Crippen molar-refractivity contribution in [3.8, 4) is 0 Å². The van der Waals surface area contributed by atoms with E-state index < -0.39 is 5.54 Å². The molecule has 6 rings (SSSR count). The van der Waals surface area contributed by atoms with Gasteiger partial charge in [0.1, 0.15) is 0 Å².